The first-order valence-electron chi connectivity index (χ1n) is 17.8. The van der Waals surface area contributed by atoms with E-state index in [1.54, 1.807) is 0 Å². The molecule has 0 amide bonds. The van der Waals surface area contributed by atoms with Crippen molar-refractivity contribution in [2.45, 2.75) is 135 Å². The molecule has 0 saturated carbocycles. The van der Waals surface area contributed by atoms with Gasteiger partial charge in [-0.3, -0.25) is 18.6 Å². The molecule has 0 aliphatic heterocycles. The fraction of sp³-hybridized carbons (Fsp3) is 0.676. The third kappa shape index (κ3) is 32.2. The zero-order valence-corrected chi connectivity index (χ0v) is 30.3. The van der Waals surface area contributed by atoms with Crippen LogP contribution >= 0.6 is 7.82 Å². The van der Waals surface area contributed by atoms with Gasteiger partial charge < -0.3 is 24.6 Å². The Bertz CT molecular complexity index is 989. The average molecular weight is 699 g/mol. The van der Waals surface area contributed by atoms with Crippen LogP contribution in [-0.2, 0) is 32.7 Å². The molecule has 48 heavy (non-hydrogen) atoms. The summed E-state index contributed by atoms with van der Waals surface area (Å²) >= 11 is 0. The number of rotatable bonds is 32. The lowest BCUT2D eigenvalue weighted by Gasteiger charge is -2.20. The number of ether oxygens (including phenoxy) is 2. The minimum absolute atomic E-state index is 0.134. The highest BCUT2D eigenvalue weighted by atomic mass is 31.2. The molecule has 2 unspecified atom stereocenters. The van der Waals surface area contributed by atoms with Gasteiger partial charge in [-0.2, -0.15) is 0 Å². The van der Waals surface area contributed by atoms with Crippen LogP contribution in [0.2, 0.25) is 0 Å². The number of carbonyl (C=O) groups excluding carboxylic acids is 2. The van der Waals surface area contributed by atoms with E-state index in [0.717, 1.165) is 64.2 Å². The number of allylic oxidation sites excluding steroid dienone is 10. The third-order valence-corrected chi connectivity index (χ3v) is 7.95. The van der Waals surface area contributed by atoms with E-state index < -0.39 is 51.8 Å². The molecule has 0 aromatic rings. The molecule has 0 spiro atoms. The molecule has 0 aromatic carbocycles. The summed E-state index contributed by atoms with van der Waals surface area (Å²) in [5.74, 6) is -0.991. The number of phosphoric acid groups is 1. The molecule has 3 N–H and O–H groups in total. The predicted molar refractivity (Wildman–Crippen MR) is 191 cm³/mol. The van der Waals surface area contributed by atoms with Gasteiger partial charge >= 0.3 is 19.8 Å². The largest absolute Gasteiger partial charge is 0.472 e. The lowest BCUT2D eigenvalue weighted by molar-refractivity contribution is -0.161. The molecule has 0 fully saturated rings. The van der Waals surface area contributed by atoms with Crippen molar-refractivity contribution in [3.8, 4) is 0 Å². The summed E-state index contributed by atoms with van der Waals surface area (Å²) in [6.07, 6.45) is 33.4. The number of aliphatic hydroxyl groups is 2. The van der Waals surface area contributed by atoms with Gasteiger partial charge in [-0.15, -0.1) is 0 Å². The molecule has 3 atom stereocenters. The number of aliphatic hydroxyl groups excluding tert-OH is 2. The Kier molecular flexibility index (Phi) is 31.6. The maximum absolute atomic E-state index is 12.5. The van der Waals surface area contributed by atoms with Crippen molar-refractivity contribution < 1.29 is 47.8 Å². The normalized spacial score (nSPS) is 14.9. The minimum Gasteiger partial charge on any atom is -0.462 e. The molecule has 0 heterocycles. The van der Waals surface area contributed by atoms with E-state index in [1.807, 2.05) is 36.5 Å². The topological polar surface area (TPSA) is 149 Å². The van der Waals surface area contributed by atoms with E-state index >= 15 is 0 Å². The molecule has 0 rings (SSSR count). The van der Waals surface area contributed by atoms with Crippen LogP contribution in [0, 0.1) is 0 Å². The van der Waals surface area contributed by atoms with E-state index in [2.05, 4.69) is 42.7 Å². The minimum atomic E-state index is -4.62. The van der Waals surface area contributed by atoms with Gasteiger partial charge in [0.15, 0.2) is 6.10 Å². The van der Waals surface area contributed by atoms with Crippen molar-refractivity contribution in [2.75, 3.05) is 26.4 Å². The predicted octanol–water partition coefficient (Wildman–Crippen LogP) is 8.38. The Balaban J connectivity index is 4.52. The molecule has 0 aromatic heterocycles. The summed E-state index contributed by atoms with van der Waals surface area (Å²) in [6.45, 7) is 2.11. The molecular formula is C37H63O10P. The van der Waals surface area contributed by atoms with Crippen LogP contribution in [0.15, 0.2) is 60.8 Å². The molecule has 0 aliphatic carbocycles. The summed E-state index contributed by atoms with van der Waals surface area (Å²) in [7, 11) is -4.62. The molecular weight excluding hydrogens is 635 g/mol. The Morgan fingerprint density at radius 2 is 1.17 bits per heavy atom. The van der Waals surface area contributed by atoms with Gasteiger partial charge in [0.1, 0.15) is 12.7 Å². The highest BCUT2D eigenvalue weighted by Crippen LogP contribution is 2.43. The molecule has 0 saturated heterocycles. The van der Waals surface area contributed by atoms with Crippen LogP contribution in [-0.4, -0.2) is 65.7 Å². The maximum Gasteiger partial charge on any atom is 0.472 e. The van der Waals surface area contributed by atoms with Gasteiger partial charge in [-0.25, -0.2) is 4.57 Å². The van der Waals surface area contributed by atoms with Gasteiger partial charge in [0.2, 0.25) is 0 Å². The fourth-order valence-electron chi connectivity index (χ4n) is 4.23. The molecule has 276 valence electrons. The summed E-state index contributed by atoms with van der Waals surface area (Å²) in [5.41, 5.74) is 0. The lowest BCUT2D eigenvalue weighted by atomic mass is 10.1. The summed E-state index contributed by atoms with van der Waals surface area (Å²) < 4.78 is 32.4. The number of phosphoric ester groups is 1. The van der Waals surface area contributed by atoms with Crippen molar-refractivity contribution in [2.24, 2.45) is 0 Å². The van der Waals surface area contributed by atoms with E-state index in [-0.39, 0.29) is 19.4 Å². The van der Waals surface area contributed by atoms with Crippen molar-refractivity contribution in [1.29, 1.82) is 0 Å². The van der Waals surface area contributed by atoms with Crippen molar-refractivity contribution in [3.63, 3.8) is 0 Å². The van der Waals surface area contributed by atoms with Crippen molar-refractivity contribution in [1.82, 2.24) is 0 Å². The van der Waals surface area contributed by atoms with Crippen LogP contribution in [0.25, 0.3) is 0 Å². The maximum atomic E-state index is 12.5. The van der Waals surface area contributed by atoms with Gasteiger partial charge in [-0.1, -0.05) is 113 Å². The van der Waals surface area contributed by atoms with Gasteiger partial charge in [-0.05, 0) is 57.8 Å². The Labute approximate surface area is 289 Å². The Hall–Kier alpha value is -2.33. The van der Waals surface area contributed by atoms with Crippen LogP contribution in [0.5, 0.6) is 0 Å². The number of unbranched alkanes of at least 4 members (excludes halogenated alkanes) is 11. The van der Waals surface area contributed by atoms with Gasteiger partial charge in [0.25, 0.3) is 0 Å². The monoisotopic (exact) mass is 698 g/mol. The van der Waals surface area contributed by atoms with Crippen LogP contribution in [0.1, 0.15) is 123 Å². The van der Waals surface area contributed by atoms with Crippen LogP contribution in [0.4, 0.5) is 0 Å². The second-order valence-electron chi connectivity index (χ2n) is 11.6. The van der Waals surface area contributed by atoms with Crippen molar-refractivity contribution in [3.05, 3.63) is 60.8 Å². The second kappa shape index (κ2) is 33.2. The SMILES string of the molecule is CC/C=C/C=C/C=C/C=C/CCCCCC(=O)OC(COC(=O)CCCCCCC/C=C/CCCCC)COP(=O)(O)OC[C@@H](O)CO. The van der Waals surface area contributed by atoms with Crippen LogP contribution in [0.3, 0.4) is 0 Å². The molecule has 0 radical (unpaired) electrons. The Morgan fingerprint density at radius 3 is 1.81 bits per heavy atom. The first-order chi connectivity index (χ1) is 23.2. The first-order valence-corrected chi connectivity index (χ1v) is 19.3. The second-order valence-corrected chi connectivity index (χ2v) is 13.1. The summed E-state index contributed by atoms with van der Waals surface area (Å²) in [6, 6.07) is 0. The number of hydrogen-bond acceptors (Lipinski definition) is 9. The molecule has 10 nitrogen and oxygen atoms in total. The smallest absolute Gasteiger partial charge is 0.462 e. The molecule has 0 aliphatic rings. The van der Waals surface area contributed by atoms with E-state index in [9.17, 15) is 24.2 Å². The quantitative estimate of drug-likeness (QED) is 0.0206. The van der Waals surface area contributed by atoms with Gasteiger partial charge in [0, 0.05) is 12.8 Å². The summed E-state index contributed by atoms with van der Waals surface area (Å²) in [4.78, 5) is 34.7. The molecule has 11 heteroatoms. The van der Waals surface area contributed by atoms with Gasteiger partial charge in [0.05, 0.1) is 19.8 Å². The molecule has 0 bridgehead atoms. The lowest BCUT2D eigenvalue weighted by Crippen LogP contribution is -2.29. The Morgan fingerprint density at radius 1 is 0.646 bits per heavy atom. The zero-order valence-electron chi connectivity index (χ0n) is 29.4. The fourth-order valence-corrected chi connectivity index (χ4v) is 5.02. The number of esters is 2. The first kappa shape index (κ1) is 45.7. The zero-order chi connectivity index (χ0) is 35.6. The van der Waals surface area contributed by atoms with E-state index in [1.165, 1.54) is 19.3 Å². The standard InChI is InChI=1S/C37H63O10P/c1-3-5-7-9-11-13-15-17-19-21-23-25-27-29-37(41)47-35(33-46-48(42,43)45-31-34(39)30-38)32-44-36(40)28-26-24-22-20-18-16-14-12-10-8-6-4-2/h5,7,9,11-15,17,19,34-35,38-39H,3-4,6,8,10,16,18,20-33H2,1-2H3,(H,42,43)/b7-5+,11-9+,14-12+,15-13+,19-17+/t34-,35?/m0/s1. The van der Waals surface area contributed by atoms with E-state index in [4.69, 9.17) is 19.1 Å². The van der Waals surface area contributed by atoms with Crippen LogP contribution < -0.4 is 0 Å². The van der Waals surface area contributed by atoms with Crippen molar-refractivity contribution >= 4 is 19.8 Å². The number of carbonyl (C=O) groups is 2. The highest BCUT2D eigenvalue weighted by molar-refractivity contribution is 7.47. The number of hydrogen-bond donors (Lipinski definition) is 3. The van der Waals surface area contributed by atoms with E-state index in [0.29, 0.717) is 12.8 Å². The summed E-state index contributed by atoms with van der Waals surface area (Å²) in [5, 5.41) is 18.2. The average Bonchev–Trinajstić information content (AvgIpc) is 3.07. The highest BCUT2D eigenvalue weighted by Gasteiger charge is 2.27. The third-order valence-electron chi connectivity index (χ3n) is 7.00.